The van der Waals surface area contributed by atoms with Gasteiger partial charge in [-0.05, 0) is 53.7 Å². The molecule has 0 spiro atoms. The molecule has 0 bridgehead atoms. The molecule has 34 heavy (non-hydrogen) atoms. The van der Waals surface area contributed by atoms with Gasteiger partial charge in [-0.15, -0.1) is 0 Å². The first-order valence-electron chi connectivity index (χ1n) is 10.4. The number of aromatic nitrogens is 4. The fourth-order valence-electron chi connectivity index (χ4n) is 3.75. The summed E-state index contributed by atoms with van der Waals surface area (Å²) in [6.07, 6.45) is 0. The van der Waals surface area contributed by atoms with Crippen molar-refractivity contribution in [2.75, 3.05) is 33.3 Å². The highest BCUT2D eigenvalue weighted by Gasteiger charge is 2.39. The van der Waals surface area contributed by atoms with E-state index in [-0.39, 0.29) is 17.2 Å². The van der Waals surface area contributed by atoms with Gasteiger partial charge in [-0.25, -0.2) is 4.79 Å². The second-order valence-corrected chi connectivity index (χ2v) is 7.15. The molecule has 1 aliphatic heterocycles. The number of carbonyl (C=O) groups excluding carboxylic acids is 2. The lowest BCUT2D eigenvalue weighted by Gasteiger charge is -2.29. The molecule has 3 aromatic rings. The van der Waals surface area contributed by atoms with Gasteiger partial charge in [-0.2, -0.15) is 4.68 Å². The molecule has 1 N–H and O–H groups in total. The minimum atomic E-state index is -0.889. The fourth-order valence-corrected chi connectivity index (χ4v) is 3.75. The first-order chi connectivity index (χ1) is 16.5. The SMILES string of the molecule is CCOc1ccc(C(=O)C2=C(C(=O)OC)Nc3nnnn3[C@H]2c2ccc(OC)cc2OC)cc1. The molecule has 0 amide bonds. The lowest BCUT2D eigenvalue weighted by molar-refractivity contribution is -0.136. The van der Waals surface area contributed by atoms with Crippen molar-refractivity contribution < 1.29 is 28.5 Å². The van der Waals surface area contributed by atoms with Crippen molar-refractivity contribution in [3.8, 4) is 17.2 Å². The summed E-state index contributed by atoms with van der Waals surface area (Å²) in [5.41, 5.74) is 0.926. The predicted molar refractivity (Wildman–Crippen MR) is 120 cm³/mol. The van der Waals surface area contributed by atoms with Gasteiger partial charge in [0.2, 0.25) is 5.95 Å². The molecule has 0 saturated heterocycles. The van der Waals surface area contributed by atoms with Crippen LogP contribution in [0.4, 0.5) is 5.95 Å². The lowest BCUT2D eigenvalue weighted by Crippen LogP contribution is -2.33. The second-order valence-electron chi connectivity index (χ2n) is 7.15. The van der Waals surface area contributed by atoms with Crippen LogP contribution in [0, 0.1) is 0 Å². The molecular formula is C23H23N5O6. The van der Waals surface area contributed by atoms with E-state index in [9.17, 15) is 9.59 Å². The van der Waals surface area contributed by atoms with Crippen LogP contribution in [0.25, 0.3) is 0 Å². The molecule has 2 aromatic carbocycles. The largest absolute Gasteiger partial charge is 0.497 e. The zero-order valence-electron chi connectivity index (χ0n) is 19.1. The van der Waals surface area contributed by atoms with Crippen molar-refractivity contribution >= 4 is 17.7 Å². The third-order valence-corrected chi connectivity index (χ3v) is 5.31. The molecule has 0 radical (unpaired) electrons. The number of carbonyl (C=O) groups is 2. The predicted octanol–water partition coefficient (Wildman–Crippen LogP) is 2.41. The fraction of sp³-hybridized carbons (Fsp3) is 0.261. The number of ketones is 1. The van der Waals surface area contributed by atoms with E-state index in [2.05, 4.69) is 20.8 Å². The van der Waals surface area contributed by atoms with E-state index < -0.39 is 17.8 Å². The van der Waals surface area contributed by atoms with Gasteiger partial charge in [0.05, 0.1) is 33.5 Å². The molecule has 4 rings (SSSR count). The number of allylic oxidation sites excluding steroid dienone is 1. The first-order valence-corrected chi connectivity index (χ1v) is 10.4. The summed E-state index contributed by atoms with van der Waals surface area (Å²) >= 11 is 0. The first kappa shape index (κ1) is 22.8. The number of anilines is 1. The maximum Gasteiger partial charge on any atom is 0.355 e. The molecule has 2 heterocycles. The minimum Gasteiger partial charge on any atom is -0.497 e. The number of methoxy groups -OCH3 is 3. The van der Waals surface area contributed by atoms with Crippen LogP contribution in [-0.4, -0.2) is 59.9 Å². The molecule has 1 atom stereocenters. The van der Waals surface area contributed by atoms with Crippen molar-refractivity contribution in [1.82, 2.24) is 20.2 Å². The van der Waals surface area contributed by atoms with Gasteiger partial charge in [-0.1, -0.05) is 5.10 Å². The van der Waals surface area contributed by atoms with E-state index in [1.807, 2.05) is 6.92 Å². The summed E-state index contributed by atoms with van der Waals surface area (Å²) in [5.74, 6) is 0.628. The van der Waals surface area contributed by atoms with Crippen LogP contribution in [0.1, 0.15) is 28.9 Å². The lowest BCUT2D eigenvalue weighted by atomic mass is 9.89. The Morgan fingerprint density at radius 2 is 1.76 bits per heavy atom. The van der Waals surface area contributed by atoms with Crippen LogP contribution in [0.15, 0.2) is 53.7 Å². The summed E-state index contributed by atoms with van der Waals surface area (Å²) in [4.78, 5) is 26.6. The molecule has 176 valence electrons. The van der Waals surface area contributed by atoms with E-state index in [1.165, 1.54) is 26.0 Å². The zero-order chi connectivity index (χ0) is 24.2. The van der Waals surface area contributed by atoms with Crippen molar-refractivity contribution in [1.29, 1.82) is 0 Å². The van der Waals surface area contributed by atoms with E-state index in [1.54, 1.807) is 42.5 Å². The van der Waals surface area contributed by atoms with Crippen LogP contribution in [0.3, 0.4) is 0 Å². The Bertz CT molecular complexity index is 1250. The number of rotatable bonds is 8. The summed E-state index contributed by atoms with van der Waals surface area (Å²) < 4.78 is 22.7. The van der Waals surface area contributed by atoms with Crippen LogP contribution in [0.2, 0.25) is 0 Å². The number of ether oxygens (including phenoxy) is 4. The van der Waals surface area contributed by atoms with Gasteiger partial charge in [-0.3, -0.25) is 4.79 Å². The number of hydrogen-bond acceptors (Lipinski definition) is 10. The van der Waals surface area contributed by atoms with E-state index in [4.69, 9.17) is 18.9 Å². The summed E-state index contributed by atoms with van der Waals surface area (Å²) in [5, 5.41) is 14.6. The average molecular weight is 465 g/mol. The number of nitrogens with one attached hydrogen (secondary N) is 1. The standard InChI is InChI=1S/C23H23N5O6/c1-5-34-14-8-6-13(7-9-14)21(29)18-19(22(30)33-4)24-23-25-26-27-28(23)20(18)16-11-10-15(31-2)12-17(16)32-3/h6-12,20H,5H2,1-4H3,(H,24,25,27)/t20-/m0/s1. The van der Waals surface area contributed by atoms with E-state index >= 15 is 0 Å². The number of esters is 1. The molecule has 0 saturated carbocycles. The molecule has 0 fully saturated rings. The monoisotopic (exact) mass is 465 g/mol. The number of fused-ring (bicyclic) bond motifs is 1. The summed E-state index contributed by atoms with van der Waals surface area (Å²) in [6, 6.07) is 10.9. The highest BCUT2D eigenvalue weighted by molar-refractivity contribution is 6.15. The van der Waals surface area contributed by atoms with Gasteiger partial charge in [0.15, 0.2) is 5.78 Å². The molecule has 11 nitrogen and oxygen atoms in total. The summed E-state index contributed by atoms with van der Waals surface area (Å²) in [7, 11) is 4.27. The van der Waals surface area contributed by atoms with Crippen LogP contribution in [-0.2, 0) is 9.53 Å². The van der Waals surface area contributed by atoms with Crippen LogP contribution in [0.5, 0.6) is 17.2 Å². The van der Waals surface area contributed by atoms with Crippen molar-refractivity contribution in [3.05, 3.63) is 64.9 Å². The average Bonchev–Trinajstić information content (AvgIpc) is 3.35. The Kier molecular flexibility index (Phi) is 6.44. The van der Waals surface area contributed by atoms with Gasteiger partial charge >= 0.3 is 5.97 Å². The van der Waals surface area contributed by atoms with Gasteiger partial charge in [0.25, 0.3) is 0 Å². The maximum atomic E-state index is 13.8. The third-order valence-electron chi connectivity index (χ3n) is 5.31. The molecule has 0 aliphatic carbocycles. The molecule has 11 heteroatoms. The third kappa shape index (κ3) is 4.03. The van der Waals surface area contributed by atoms with Gasteiger partial charge in [0, 0.05) is 17.2 Å². The Morgan fingerprint density at radius 3 is 2.41 bits per heavy atom. The number of Topliss-reactive ketones (excluding diaryl/α,β-unsaturated/α-hetero) is 1. The highest BCUT2D eigenvalue weighted by atomic mass is 16.5. The number of tetrazole rings is 1. The molecular weight excluding hydrogens is 442 g/mol. The number of benzene rings is 2. The van der Waals surface area contributed by atoms with Crippen molar-refractivity contribution in [2.45, 2.75) is 13.0 Å². The van der Waals surface area contributed by atoms with Crippen LogP contribution >= 0.6 is 0 Å². The number of nitrogens with zero attached hydrogens (tertiary/aromatic N) is 4. The maximum absolute atomic E-state index is 13.8. The molecule has 1 aromatic heterocycles. The van der Waals surface area contributed by atoms with Crippen LogP contribution < -0.4 is 19.5 Å². The van der Waals surface area contributed by atoms with E-state index in [0.29, 0.717) is 35.0 Å². The Labute approximate surface area is 195 Å². The van der Waals surface area contributed by atoms with Crippen molar-refractivity contribution in [2.24, 2.45) is 0 Å². The smallest absolute Gasteiger partial charge is 0.355 e. The van der Waals surface area contributed by atoms with E-state index in [0.717, 1.165) is 0 Å². The Morgan fingerprint density at radius 1 is 1.03 bits per heavy atom. The molecule has 1 aliphatic rings. The normalized spacial score (nSPS) is 14.6. The summed E-state index contributed by atoms with van der Waals surface area (Å²) in [6.45, 7) is 2.37. The van der Waals surface area contributed by atoms with Gasteiger partial charge in [0.1, 0.15) is 29.0 Å². The highest BCUT2D eigenvalue weighted by Crippen LogP contribution is 2.41. The Balaban J connectivity index is 1.92. The number of hydrogen-bond donors (Lipinski definition) is 1. The second kappa shape index (κ2) is 9.61. The minimum absolute atomic E-state index is 0.0634. The molecule has 0 unspecified atom stereocenters. The zero-order valence-corrected chi connectivity index (χ0v) is 19.1. The quantitative estimate of drug-likeness (QED) is 0.391. The van der Waals surface area contributed by atoms with Crippen molar-refractivity contribution in [3.63, 3.8) is 0 Å². The topological polar surface area (TPSA) is 127 Å². The Hall–Kier alpha value is -4.41. The van der Waals surface area contributed by atoms with Gasteiger partial charge < -0.3 is 24.3 Å².